The fourth-order valence-corrected chi connectivity index (χ4v) is 4.71. The highest BCUT2D eigenvalue weighted by Gasteiger charge is 2.38. The molecule has 23 heavy (non-hydrogen) atoms. The lowest BCUT2D eigenvalue weighted by atomic mass is 10.1. The minimum Gasteiger partial charge on any atom is -0.351 e. The van der Waals surface area contributed by atoms with Crippen molar-refractivity contribution in [1.82, 2.24) is 9.80 Å². The molecule has 1 aliphatic carbocycles. The zero-order valence-electron chi connectivity index (χ0n) is 13.7. The lowest BCUT2D eigenvalue weighted by molar-refractivity contribution is -0.138. The number of thiophene rings is 1. The first-order valence-corrected chi connectivity index (χ1v) is 9.35. The summed E-state index contributed by atoms with van der Waals surface area (Å²) < 4.78 is 0. The van der Waals surface area contributed by atoms with Gasteiger partial charge in [-0.25, -0.2) is 4.79 Å². The van der Waals surface area contributed by atoms with Gasteiger partial charge in [-0.2, -0.15) is 0 Å². The van der Waals surface area contributed by atoms with Crippen LogP contribution in [0.3, 0.4) is 0 Å². The van der Waals surface area contributed by atoms with Crippen LogP contribution in [0.2, 0.25) is 0 Å². The van der Waals surface area contributed by atoms with Crippen molar-refractivity contribution in [1.29, 1.82) is 0 Å². The molecule has 1 saturated heterocycles. The van der Waals surface area contributed by atoms with E-state index in [4.69, 9.17) is 5.73 Å². The Morgan fingerprint density at radius 2 is 2.04 bits per heavy atom. The molecule has 0 unspecified atom stereocenters. The molecule has 3 amide bonds. The molecule has 3 rings (SSSR count). The summed E-state index contributed by atoms with van der Waals surface area (Å²) in [6, 6.07) is 1.56. The summed E-state index contributed by atoms with van der Waals surface area (Å²) in [5.74, 6) is 0.0843. The number of amides is 3. The summed E-state index contributed by atoms with van der Waals surface area (Å²) in [6.45, 7) is 3.35. The minimum atomic E-state index is -0.473. The van der Waals surface area contributed by atoms with E-state index in [0.29, 0.717) is 19.1 Å². The van der Waals surface area contributed by atoms with Gasteiger partial charge in [0.15, 0.2) is 0 Å². The van der Waals surface area contributed by atoms with Gasteiger partial charge < -0.3 is 15.5 Å². The maximum absolute atomic E-state index is 13.2. The first-order valence-electron chi connectivity index (χ1n) is 8.47. The molecule has 0 bridgehead atoms. The molecule has 2 N–H and O–H groups in total. The summed E-state index contributed by atoms with van der Waals surface area (Å²) in [5.41, 5.74) is 6.70. The molecule has 0 radical (unpaired) electrons. The van der Waals surface area contributed by atoms with Gasteiger partial charge >= 0.3 is 6.03 Å². The van der Waals surface area contributed by atoms with E-state index >= 15 is 0 Å². The molecular weight excluding hydrogens is 310 g/mol. The van der Waals surface area contributed by atoms with Gasteiger partial charge in [0, 0.05) is 17.5 Å². The normalized spacial score (nSPS) is 21.8. The van der Waals surface area contributed by atoms with Gasteiger partial charge in [0.05, 0.1) is 6.54 Å². The Kier molecular flexibility index (Phi) is 4.90. The van der Waals surface area contributed by atoms with E-state index in [1.54, 1.807) is 16.2 Å². The maximum Gasteiger partial charge on any atom is 0.315 e. The Hall–Kier alpha value is -1.56. The van der Waals surface area contributed by atoms with Crippen LogP contribution in [0.1, 0.15) is 49.0 Å². The molecule has 126 valence electrons. The van der Waals surface area contributed by atoms with Crippen LogP contribution < -0.4 is 5.73 Å². The average molecular weight is 335 g/mol. The molecule has 1 aliphatic heterocycles. The van der Waals surface area contributed by atoms with Crippen LogP contribution >= 0.6 is 11.3 Å². The van der Waals surface area contributed by atoms with Gasteiger partial charge in [-0.3, -0.25) is 4.79 Å². The van der Waals surface area contributed by atoms with Crippen molar-refractivity contribution in [2.75, 3.05) is 6.54 Å². The van der Waals surface area contributed by atoms with Crippen LogP contribution in [0.4, 0.5) is 4.79 Å². The summed E-state index contributed by atoms with van der Waals surface area (Å²) in [7, 11) is 0. The number of carbonyl (C=O) groups excluding carboxylic acids is 2. The Balaban J connectivity index is 1.81. The van der Waals surface area contributed by atoms with E-state index in [9.17, 15) is 9.59 Å². The predicted octanol–water partition coefficient (Wildman–Crippen LogP) is 2.87. The molecule has 5 nitrogen and oxygen atoms in total. The van der Waals surface area contributed by atoms with Crippen LogP contribution in [0.15, 0.2) is 11.4 Å². The van der Waals surface area contributed by atoms with Gasteiger partial charge in [-0.1, -0.05) is 12.8 Å². The maximum atomic E-state index is 13.2. The molecule has 0 aromatic carbocycles. The highest BCUT2D eigenvalue weighted by atomic mass is 32.1. The van der Waals surface area contributed by atoms with Crippen LogP contribution in [-0.2, 0) is 11.3 Å². The van der Waals surface area contributed by atoms with Crippen LogP contribution in [0, 0.1) is 6.92 Å². The van der Waals surface area contributed by atoms with Crippen molar-refractivity contribution in [2.45, 2.75) is 64.1 Å². The average Bonchev–Trinajstić information content (AvgIpc) is 3.26. The van der Waals surface area contributed by atoms with E-state index in [2.05, 4.69) is 18.4 Å². The van der Waals surface area contributed by atoms with Crippen molar-refractivity contribution in [3.8, 4) is 0 Å². The van der Waals surface area contributed by atoms with E-state index in [-0.39, 0.29) is 11.9 Å². The predicted molar refractivity (Wildman–Crippen MR) is 91.2 cm³/mol. The highest BCUT2D eigenvalue weighted by molar-refractivity contribution is 7.10. The molecule has 2 heterocycles. The zero-order valence-corrected chi connectivity index (χ0v) is 14.5. The second-order valence-corrected chi connectivity index (χ2v) is 7.62. The summed E-state index contributed by atoms with van der Waals surface area (Å²) >= 11 is 1.70. The standard InChI is InChI=1S/C17H25N3O2S/c1-12-8-10-23-15(12)11-20(13-5-2-3-6-13)16(21)14-7-4-9-19(14)17(18)22/h8,10,13-14H,2-7,9,11H2,1H3,(H2,18,22)/t14-/m0/s1. The summed E-state index contributed by atoms with van der Waals surface area (Å²) in [5, 5.41) is 2.08. The number of rotatable bonds is 4. The quantitative estimate of drug-likeness (QED) is 0.919. The molecule has 0 spiro atoms. The lowest BCUT2D eigenvalue weighted by Crippen LogP contribution is -2.51. The Labute approximate surface area is 141 Å². The van der Waals surface area contributed by atoms with Crippen molar-refractivity contribution >= 4 is 23.3 Å². The van der Waals surface area contributed by atoms with E-state index in [1.807, 2.05) is 4.90 Å². The topological polar surface area (TPSA) is 66.6 Å². The molecule has 2 aliphatic rings. The van der Waals surface area contributed by atoms with Gasteiger partial charge in [-0.15, -0.1) is 11.3 Å². The molecule has 1 saturated carbocycles. The van der Waals surface area contributed by atoms with Crippen LogP contribution in [0.5, 0.6) is 0 Å². The molecule has 2 fully saturated rings. The Morgan fingerprint density at radius 1 is 1.30 bits per heavy atom. The van der Waals surface area contributed by atoms with Crippen molar-refractivity contribution in [3.63, 3.8) is 0 Å². The fourth-order valence-electron chi connectivity index (χ4n) is 3.80. The molecule has 1 aromatic rings. The zero-order chi connectivity index (χ0) is 16.4. The molecule has 1 atom stereocenters. The smallest absolute Gasteiger partial charge is 0.315 e. The monoisotopic (exact) mass is 335 g/mol. The van der Waals surface area contributed by atoms with Gasteiger partial charge in [0.2, 0.25) is 5.91 Å². The SMILES string of the molecule is Cc1ccsc1CN(C(=O)[C@@H]1CCCN1C(N)=O)C1CCCC1. The number of hydrogen-bond acceptors (Lipinski definition) is 3. The number of nitrogens with zero attached hydrogens (tertiary/aromatic N) is 2. The number of carbonyl (C=O) groups is 2. The third-order valence-electron chi connectivity index (χ3n) is 5.15. The number of nitrogens with two attached hydrogens (primary N) is 1. The second kappa shape index (κ2) is 6.91. The summed E-state index contributed by atoms with van der Waals surface area (Å²) in [6.07, 6.45) is 6.09. The van der Waals surface area contributed by atoms with E-state index in [0.717, 1.165) is 25.7 Å². The lowest BCUT2D eigenvalue weighted by Gasteiger charge is -2.33. The molecule has 6 heteroatoms. The summed E-state index contributed by atoms with van der Waals surface area (Å²) in [4.78, 5) is 29.6. The number of primary amides is 1. The second-order valence-electron chi connectivity index (χ2n) is 6.62. The highest BCUT2D eigenvalue weighted by Crippen LogP contribution is 2.30. The van der Waals surface area contributed by atoms with Gasteiger partial charge in [-0.05, 0) is 49.6 Å². The molecular formula is C17H25N3O2S. The molecule has 1 aromatic heterocycles. The van der Waals surface area contributed by atoms with Gasteiger partial charge in [0.25, 0.3) is 0 Å². The van der Waals surface area contributed by atoms with Crippen LogP contribution in [-0.4, -0.2) is 40.4 Å². The number of likely N-dealkylation sites (tertiary alicyclic amines) is 1. The number of urea groups is 1. The van der Waals surface area contributed by atoms with Crippen LogP contribution in [0.25, 0.3) is 0 Å². The van der Waals surface area contributed by atoms with Crippen molar-refractivity contribution in [3.05, 3.63) is 21.9 Å². The first kappa shape index (κ1) is 16.3. The third kappa shape index (κ3) is 3.37. The van der Waals surface area contributed by atoms with Crippen molar-refractivity contribution in [2.24, 2.45) is 5.73 Å². The Morgan fingerprint density at radius 3 is 2.65 bits per heavy atom. The Bertz CT molecular complexity index is 580. The first-order chi connectivity index (χ1) is 11.1. The number of aryl methyl sites for hydroxylation is 1. The largest absolute Gasteiger partial charge is 0.351 e. The van der Waals surface area contributed by atoms with Gasteiger partial charge in [0.1, 0.15) is 6.04 Å². The minimum absolute atomic E-state index is 0.0843. The van der Waals surface area contributed by atoms with E-state index < -0.39 is 6.03 Å². The van der Waals surface area contributed by atoms with E-state index in [1.165, 1.54) is 23.3 Å². The fraction of sp³-hybridized carbons (Fsp3) is 0.647. The number of hydrogen-bond donors (Lipinski definition) is 1. The van der Waals surface area contributed by atoms with Crippen molar-refractivity contribution < 1.29 is 9.59 Å². The third-order valence-corrected chi connectivity index (χ3v) is 6.16.